The number of halogens is 2. The molecule has 0 bridgehead atoms. The lowest BCUT2D eigenvalue weighted by molar-refractivity contribution is 0.178. The van der Waals surface area contributed by atoms with Gasteiger partial charge in [0.25, 0.3) is 0 Å². The summed E-state index contributed by atoms with van der Waals surface area (Å²) in [5.74, 6) is -0.470. The van der Waals surface area contributed by atoms with Gasteiger partial charge in [0.15, 0.2) is 0 Å². The minimum absolute atomic E-state index is 0.0367. The van der Waals surface area contributed by atoms with Gasteiger partial charge < -0.3 is 5.11 Å². The van der Waals surface area contributed by atoms with Crippen LogP contribution in [0.2, 0.25) is 5.02 Å². The molecule has 1 atom stereocenters. The van der Waals surface area contributed by atoms with Crippen molar-refractivity contribution in [3.05, 3.63) is 70.5 Å². The van der Waals surface area contributed by atoms with Crippen LogP contribution in [0.15, 0.2) is 48.5 Å². The van der Waals surface area contributed by atoms with Crippen molar-refractivity contribution < 1.29 is 9.50 Å². The Kier molecular flexibility index (Phi) is 3.77. The van der Waals surface area contributed by atoms with E-state index in [-0.39, 0.29) is 5.02 Å². The fourth-order valence-electron chi connectivity index (χ4n) is 1.67. The second kappa shape index (κ2) is 5.30. The zero-order valence-electron chi connectivity index (χ0n) is 9.11. The summed E-state index contributed by atoms with van der Waals surface area (Å²) in [6.45, 7) is 0. The third kappa shape index (κ3) is 3.05. The molecule has 0 aliphatic heterocycles. The highest BCUT2D eigenvalue weighted by Crippen LogP contribution is 2.23. The fourth-order valence-corrected chi connectivity index (χ4v) is 1.86. The van der Waals surface area contributed by atoms with Crippen molar-refractivity contribution in [3.63, 3.8) is 0 Å². The smallest absolute Gasteiger partial charge is 0.141 e. The monoisotopic (exact) mass is 250 g/mol. The third-order valence-corrected chi connectivity index (χ3v) is 2.89. The Morgan fingerprint density at radius 2 is 1.82 bits per heavy atom. The summed E-state index contributed by atoms with van der Waals surface area (Å²) in [5.41, 5.74) is 1.65. The van der Waals surface area contributed by atoms with Crippen molar-refractivity contribution >= 4 is 11.6 Å². The molecular weight excluding hydrogens is 239 g/mol. The predicted octanol–water partition coefficient (Wildman–Crippen LogP) is 3.76. The maximum atomic E-state index is 13.0. The normalized spacial score (nSPS) is 12.4. The lowest BCUT2D eigenvalue weighted by Crippen LogP contribution is -2.02. The topological polar surface area (TPSA) is 20.2 Å². The molecule has 0 saturated carbocycles. The number of aliphatic hydroxyl groups excluding tert-OH is 1. The van der Waals surface area contributed by atoms with Gasteiger partial charge >= 0.3 is 0 Å². The summed E-state index contributed by atoms with van der Waals surface area (Å²) in [4.78, 5) is 0. The van der Waals surface area contributed by atoms with E-state index in [1.165, 1.54) is 12.1 Å². The van der Waals surface area contributed by atoms with E-state index in [4.69, 9.17) is 11.6 Å². The first kappa shape index (κ1) is 12.1. The van der Waals surface area contributed by atoms with Gasteiger partial charge in [-0.15, -0.1) is 0 Å². The van der Waals surface area contributed by atoms with Gasteiger partial charge in [-0.3, -0.25) is 0 Å². The molecule has 1 nitrogen and oxygen atoms in total. The average molecular weight is 251 g/mol. The highest BCUT2D eigenvalue weighted by molar-refractivity contribution is 6.30. The van der Waals surface area contributed by atoms with E-state index in [0.717, 1.165) is 5.56 Å². The second-order valence-corrected chi connectivity index (χ2v) is 4.29. The van der Waals surface area contributed by atoms with Crippen LogP contribution in [0.25, 0.3) is 0 Å². The Labute approximate surface area is 104 Å². The Bertz CT molecular complexity index is 499. The predicted molar refractivity (Wildman–Crippen MR) is 66.5 cm³/mol. The molecule has 0 heterocycles. The quantitative estimate of drug-likeness (QED) is 0.880. The van der Waals surface area contributed by atoms with Crippen molar-refractivity contribution in [1.82, 2.24) is 0 Å². The first-order valence-electron chi connectivity index (χ1n) is 5.34. The van der Waals surface area contributed by atoms with E-state index < -0.39 is 11.9 Å². The molecule has 3 heteroatoms. The van der Waals surface area contributed by atoms with E-state index in [1.54, 1.807) is 6.07 Å². The van der Waals surface area contributed by atoms with Crippen LogP contribution in [0.5, 0.6) is 0 Å². The summed E-state index contributed by atoms with van der Waals surface area (Å²) < 4.78 is 13.0. The first-order valence-corrected chi connectivity index (χ1v) is 5.71. The van der Waals surface area contributed by atoms with Crippen LogP contribution in [0, 0.1) is 5.82 Å². The molecule has 0 aromatic heterocycles. The molecule has 0 aliphatic rings. The van der Waals surface area contributed by atoms with Crippen LogP contribution in [0.3, 0.4) is 0 Å². The van der Waals surface area contributed by atoms with E-state index in [0.29, 0.717) is 12.0 Å². The van der Waals surface area contributed by atoms with Crippen LogP contribution in [0.4, 0.5) is 4.39 Å². The molecule has 0 amide bonds. The molecule has 1 unspecified atom stereocenters. The minimum Gasteiger partial charge on any atom is -0.388 e. The summed E-state index contributed by atoms with van der Waals surface area (Å²) in [7, 11) is 0. The van der Waals surface area contributed by atoms with Crippen LogP contribution in [-0.4, -0.2) is 5.11 Å². The molecule has 0 saturated heterocycles. The lowest BCUT2D eigenvalue weighted by atomic mass is 10.0. The Morgan fingerprint density at radius 3 is 2.47 bits per heavy atom. The van der Waals surface area contributed by atoms with Crippen molar-refractivity contribution in [2.45, 2.75) is 12.5 Å². The van der Waals surface area contributed by atoms with E-state index in [1.807, 2.05) is 30.3 Å². The second-order valence-electron chi connectivity index (χ2n) is 3.88. The van der Waals surface area contributed by atoms with Crippen LogP contribution in [0.1, 0.15) is 17.2 Å². The van der Waals surface area contributed by atoms with Gasteiger partial charge in [0, 0.05) is 6.42 Å². The summed E-state index contributed by atoms with van der Waals surface area (Å²) >= 11 is 5.67. The van der Waals surface area contributed by atoms with Crippen molar-refractivity contribution in [1.29, 1.82) is 0 Å². The number of hydrogen-bond donors (Lipinski definition) is 1. The number of rotatable bonds is 3. The lowest BCUT2D eigenvalue weighted by Gasteiger charge is -2.11. The van der Waals surface area contributed by atoms with Crippen molar-refractivity contribution in [2.75, 3.05) is 0 Å². The molecule has 2 rings (SSSR count). The van der Waals surface area contributed by atoms with Gasteiger partial charge in [0.2, 0.25) is 0 Å². The van der Waals surface area contributed by atoms with Crippen LogP contribution >= 0.6 is 11.6 Å². The van der Waals surface area contributed by atoms with Crippen molar-refractivity contribution in [3.8, 4) is 0 Å². The third-order valence-electron chi connectivity index (χ3n) is 2.60. The maximum absolute atomic E-state index is 13.0. The Balaban J connectivity index is 2.14. The summed E-state index contributed by atoms with van der Waals surface area (Å²) in [6.07, 6.45) is -0.182. The Morgan fingerprint density at radius 1 is 1.12 bits per heavy atom. The van der Waals surface area contributed by atoms with Crippen molar-refractivity contribution in [2.24, 2.45) is 0 Å². The largest absolute Gasteiger partial charge is 0.388 e. The molecule has 2 aromatic carbocycles. The van der Waals surface area contributed by atoms with Gasteiger partial charge in [-0.1, -0.05) is 48.0 Å². The summed E-state index contributed by atoms with van der Waals surface area (Å²) in [5, 5.41) is 10.0. The van der Waals surface area contributed by atoms with Gasteiger partial charge in [0.1, 0.15) is 5.82 Å². The highest BCUT2D eigenvalue weighted by Gasteiger charge is 2.10. The molecule has 0 radical (unpaired) electrons. The molecule has 0 fully saturated rings. The zero-order chi connectivity index (χ0) is 12.3. The molecule has 17 heavy (non-hydrogen) atoms. The minimum atomic E-state index is -0.671. The number of benzene rings is 2. The summed E-state index contributed by atoms with van der Waals surface area (Å²) in [6, 6.07) is 13.9. The fraction of sp³-hybridized carbons (Fsp3) is 0.143. The standard InChI is InChI=1S/C14H12ClFO/c15-12-9-11(6-7-13(12)16)14(17)8-10-4-2-1-3-5-10/h1-7,9,14,17H,8H2. The van der Waals surface area contributed by atoms with Crippen LogP contribution in [-0.2, 0) is 6.42 Å². The first-order chi connectivity index (χ1) is 8.16. The number of aliphatic hydroxyl groups is 1. The van der Waals surface area contributed by atoms with Gasteiger partial charge in [-0.05, 0) is 23.3 Å². The van der Waals surface area contributed by atoms with Crippen LogP contribution < -0.4 is 0 Å². The molecule has 1 N–H and O–H groups in total. The highest BCUT2D eigenvalue weighted by atomic mass is 35.5. The zero-order valence-corrected chi connectivity index (χ0v) is 9.86. The molecule has 0 spiro atoms. The number of hydrogen-bond acceptors (Lipinski definition) is 1. The van der Waals surface area contributed by atoms with Gasteiger partial charge in [-0.2, -0.15) is 0 Å². The van der Waals surface area contributed by atoms with E-state index in [9.17, 15) is 9.50 Å². The van der Waals surface area contributed by atoms with E-state index >= 15 is 0 Å². The SMILES string of the molecule is OC(Cc1ccccc1)c1ccc(F)c(Cl)c1. The Hall–Kier alpha value is -1.38. The molecule has 88 valence electrons. The maximum Gasteiger partial charge on any atom is 0.141 e. The molecule has 0 aliphatic carbocycles. The molecule has 2 aromatic rings. The average Bonchev–Trinajstić information content (AvgIpc) is 2.34. The van der Waals surface area contributed by atoms with Gasteiger partial charge in [-0.25, -0.2) is 4.39 Å². The van der Waals surface area contributed by atoms with Gasteiger partial charge in [0.05, 0.1) is 11.1 Å². The van der Waals surface area contributed by atoms with E-state index in [2.05, 4.69) is 0 Å². The molecular formula is C14H12ClFO.